The fourth-order valence-electron chi connectivity index (χ4n) is 6.16. The summed E-state index contributed by atoms with van der Waals surface area (Å²) in [4.78, 5) is 12.3. The van der Waals surface area contributed by atoms with E-state index in [2.05, 4.69) is 13.8 Å². The van der Waals surface area contributed by atoms with Crippen molar-refractivity contribution in [3.63, 3.8) is 0 Å². The highest BCUT2D eigenvalue weighted by Gasteiger charge is 2.66. The van der Waals surface area contributed by atoms with Crippen LogP contribution >= 0.6 is 0 Å². The largest absolute Gasteiger partial charge is 0.494 e. The summed E-state index contributed by atoms with van der Waals surface area (Å²) in [6.45, 7) is 5.24. The quantitative estimate of drug-likeness (QED) is 0.152. The van der Waals surface area contributed by atoms with Crippen molar-refractivity contribution >= 4 is 5.97 Å². The minimum atomic E-state index is -1.16. The molecule has 2 aliphatic rings. The molecule has 1 heterocycles. The average Bonchev–Trinajstić information content (AvgIpc) is 3.66. The van der Waals surface area contributed by atoms with Gasteiger partial charge in [0.2, 0.25) is 5.60 Å². The molecule has 1 aromatic rings. The Hall–Kier alpha value is -1.55. The zero-order valence-electron chi connectivity index (χ0n) is 23.1. The van der Waals surface area contributed by atoms with Gasteiger partial charge in [-0.15, -0.1) is 0 Å². The first-order chi connectivity index (χ1) is 17.6. The van der Waals surface area contributed by atoms with Crippen LogP contribution in [-0.4, -0.2) is 23.8 Å². The van der Waals surface area contributed by atoms with Gasteiger partial charge >= 0.3 is 5.97 Å². The van der Waals surface area contributed by atoms with Gasteiger partial charge in [-0.2, -0.15) is 0 Å². The van der Waals surface area contributed by atoms with Gasteiger partial charge in [0.15, 0.2) is 0 Å². The third-order valence-corrected chi connectivity index (χ3v) is 8.56. The fraction of sp³-hybridized carbons (Fsp3) is 0.781. The van der Waals surface area contributed by atoms with Gasteiger partial charge in [0.1, 0.15) is 11.9 Å². The molecule has 0 bridgehead atoms. The highest BCUT2D eigenvalue weighted by atomic mass is 16.6. The maximum atomic E-state index is 12.3. The molecule has 1 aromatic carbocycles. The maximum absolute atomic E-state index is 12.3. The molecule has 1 saturated heterocycles. The van der Waals surface area contributed by atoms with E-state index in [-0.39, 0.29) is 6.10 Å². The predicted molar refractivity (Wildman–Crippen MR) is 148 cm³/mol. The number of rotatable bonds is 19. The van der Waals surface area contributed by atoms with E-state index in [0.29, 0.717) is 5.92 Å². The van der Waals surface area contributed by atoms with Crippen LogP contribution in [0.2, 0.25) is 0 Å². The number of carbonyl (C=O) groups is 1. The number of unbranched alkanes of at least 4 members (excludes halogenated alkanes) is 11. The lowest BCUT2D eigenvalue weighted by Gasteiger charge is -2.28. The third-order valence-electron chi connectivity index (χ3n) is 8.56. The normalized spacial score (nSPS) is 25.6. The Kier molecular flexibility index (Phi) is 12.6. The lowest BCUT2D eigenvalue weighted by atomic mass is 9.75. The van der Waals surface area contributed by atoms with Gasteiger partial charge in [0.05, 0.1) is 6.61 Å². The van der Waals surface area contributed by atoms with Gasteiger partial charge < -0.3 is 14.6 Å². The SMILES string of the molecule is CCCCCCCCCCCCOc1ccc([C@@]2(C(=O)O)O[C@H]2[C@H]2CC[C@H](CCCCC)CC2)cc1. The Morgan fingerprint density at radius 3 is 1.97 bits per heavy atom. The number of epoxide rings is 1. The predicted octanol–water partition coefficient (Wildman–Crippen LogP) is 9.05. The van der Waals surface area contributed by atoms with Crippen molar-refractivity contribution in [3.05, 3.63) is 29.8 Å². The molecule has 36 heavy (non-hydrogen) atoms. The van der Waals surface area contributed by atoms with Crippen molar-refractivity contribution in [1.82, 2.24) is 0 Å². The lowest BCUT2D eigenvalue weighted by molar-refractivity contribution is -0.143. The van der Waals surface area contributed by atoms with E-state index in [4.69, 9.17) is 9.47 Å². The van der Waals surface area contributed by atoms with Crippen LogP contribution in [0.5, 0.6) is 5.75 Å². The minimum absolute atomic E-state index is 0.190. The summed E-state index contributed by atoms with van der Waals surface area (Å²) >= 11 is 0. The number of hydrogen-bond acceptors (Lipinski definition) is 3. The molecule has 0 unspecified atom stereocenters. The van der Waals surface area contributed by atoms with E-state index >= 15 is 0 Å². The van der Waals surface area contributed by atoms with Gasteiger partial charge in [0.25, 0.3) is 0 Å². The zero-order chi connectivity index (χ0) is 25.6. The molecule has 1 saturated carbocycles. The highest BCUT2D eigenvalue weighted by Crippen LogP contribution is 2.54. The molecular weight excluding hydrogens is 448 g/mol. The van der Waals surface area contributed by atoms with Gasteiger partial charge in [-0.1, -0.05) is 122 Å². The molecular formula is C32H52O4. The van der Waals surface area contributed by atoms with Crippen molar-refractivity contribution < 1.29 is 19.4 Å². The van der Waals surface area contributed by atoms with E-state index in [1.54, 1.807) is 0 Å². The molecule has 0 spiro atoms. The first kappa shape index (κ1) is 29.0. The fourth-order valence-corrected chi connectivity index (χ4v) is 6.16. The van der Waals surface area contributed by atoms with Gasteiger partial charge in [-0.05, 0) is 48.8 Å². The molecule has 1 aliphatic carbocycles. The molecule has 0 radical (unpaired) electrons. The first-order valence-corrected chi connectivity index (χ1v) is 15.3. The van der Waals surface area contributed by atoms with Crippen LogP contribution in [0.15, 0.2) is 24.3 Å². The van der Waals surface area contributed by atoms with E-state index in [1.807, 2.05) is 24.3 Å². The van der Waals surface area contributed by atoms with Crippen molar-refractivity contribution in [2.24, 2.45) is 11.8 Å². The molecule has 4 heteroatoms. The zero-order valence-corrected chi connectivity index (χ0v) is 23.1. The summed E-state index contributed by atoms with van der Waals surface area (Å²) in [6, 6.07) is 7.64. The Labute approximate surface area is 220 Å². The van der Waals surface area contributed by atoms with Crippen LogP contribution in [-0.2, 0) is 15.1 Å². The summed E-state index contributed by atoms with van der Waals surface area (Å²) in [6.07, 6.45) is 22.8. The Balaban J connectivity index is 1.35. The van der Waals surface area contributed by atoms with Gasteiger partial charge in [-0.25, -0.2) is 4.79 Å². The Morgan fingerprint density at radius 1 is 0.833 bits per heavy atom. The standard InChI is InChI=1S/C32H52O4/c1-3-5-7-8-9-10-11-12-13-15-25-35-29-23-21-28(22-24-29)32(31(33)34)30(36-32)27-19-17-26(18-20-27)16-14-6-4-2/h21-24,26-27,30H,3-20,25H2,1-2H3,(H,33,34)/t26-,27-,30-,32+/m0/s1. The number of benzene rings is 1. The van der Waals surface area contributed by atoms with E-state index in [0.717, 1.165) is 43.1 Å². The molecule has 4 nitrogen and oxygen atoms in total. The van der Waals surface area contributed by atoms with Gasteiger partial charge in [-0.3, -0.25) is 0 Å². The summed E-state index contributed by atoms with van der Waals surface area (Å²) in [5, 5.41) is 10.1. The number of hydrogen-bond donors (Lipinski definition) is 1. The van der Waals surface area contributed by atoms with E-state index in [1.165, 1.54) is 96.3 Å². The molecule has 0 aromatic heterocycles. The van der Waals surface area contributed by atoms with E-state index in [9.17, 15) is 9.90 Å². The number of ether oxygens (including phenoxy) is 2. The van der Waals surface area contributed by atoms with Crippen molar-refractivity contribution in [2.45, 2.75) is 141 Å². The second-order valence-corrected chi connectivity index (χ2v) is 11.4. The van der Waals surface area contributed by atoms with Gasteiger partial charge in [0, 0.05) is 0 Å². The molecule has 1 N–H and O–H groups in total. The smallest absolute Gasteiger partial charge is 0.343 e. The molecule has 2 atom stereocenters. The molecule has 1 aliphatic heterocycles. The first-order valence-electron chi connectivity index (χ1n) is 15.3. The van der Waals surface area contributed by atoms with E-state index < -0.39 is 11.6 Å². The topological polar surface area (TPSA) is 59.1 Å². The third kappa shape index (κ3) is 8.50. The van der Waals surface area contributed by atoms with Crippen LogP contribution in [0.25, 0.3) is 0 Å². The second kappa shape index (κ2) is 15.6. The Morgan fingerprint density at radius 2 is 1.39 bits per heavy atom. The van der Waals surface area contributed by atoms with Crippen LogP contribution in [0.4, 0.5) is 0 Å². The maximum Gasteiger partial charge on any atom is 0.343 e. The number of carboxylic acid groups (broad SMARTS) is 1. The summed E-state index contributed by atoms with van der Waals surface area (Å²) in [5.74, 6) is 1.14. The lowest BCUT2D eigenvalue weighted by Crippen LogP contribution is -2.29. The molecule has 3 rings (SSSR count). The summed E-state index contributed by atoms with van der Waals surface area (Å²) < 4.78 is 11.9. The van der Waals surface area contributed by atoms with Crippen LogP contribution in [0.3, 0.4) is 0 Å². The van der Waals surface area contributed by atoms with Crippen LogP contribution in [0, 0.1) is 11.8 Å². The van der Waals surface area contributed by atoms with Crippen molar-refractivity contribution in [2.75, 3.05) is 6.61 Å². The van der Waals surface area contributed by atoms with Crippen LogP contribution < -0.4 is 4.74 Å². The van der Waals surface area contributed by atoms with Crippen molar-refractivity contribution in [1.29, 1.82) is 0 Å². The monoisotopic (exact) mass is 500 g/mol. The van der Waals surface area contributed by atoms with Crippen LogP contribution in [0.1, 0.15) is 135 Å². The van der Waals surface area contributed by atoms with Crippen molar-refractivity contribution in [3.8, 4) is 5.75 Å². The second-order valence-electron chi connectivity index (χ2n) is 11.4. The minimum Gasteiger partial charge on any atom is -0.494 e. The Bertz CT molecular complexity index is 737. The highest BCUT2D eigenvalue weighted by molar-refractivity contribution is 5.83. The molecule has 204 valence electrons. The molecule has 2 fully saturated rings. The molecule has 0 amide bonds. The average molecular weight is 501 g/mol. The number of carboxylic acids is 1. The summed E-state index contributed by atoms with van der Waals surface area (Å²) in [7, 11) is 0. The number of aliphatic carboxylic acids is 1. The summed E-state index contributed by atoms with van der Waals surface area (Å²) in [5.41, 5.74) is -0.397.